The molecule has 20 heavy (non-hydrogen) atoms. The van der Waals surface area contributed by atoms with Crippen molar-refractivity contribution < 1.29 is 0 Å². The highest BCUT2D eigenvalue weighted by Crippen LogP contribution is 2.30. The maximum atomic E-state index is 6.60. The molecule has 0 heterocycles. The number of rotatable bonds is 2. The van der Waals surface area contributed by atoms with E-state index in [1.807, 2.05) is 12.1 Å². The summed E-state index contributed by atoms with van der Waals surface area (Å²) in [6.07, 6.45) is 0. The fourth-order valence-electron chi connectivity index (χ4n) is 2.49. The predicted molar refractivity (Wildman–Crippen MR) is 88.7 cm³/mol. The van der Waals surface area contributed by atoms with Crippen molar-refractivity contribution in [1.29, 1.82) is 0 Å². The van der Waals surface area contributed by atoms with Crippen LogP contribution >= 0.6 is 15.9 Å². The highest BCUT2D eigenvalue weighted by atomic mass is 79.9. The Morgan fingerprint density at radius 3 is 2.25 bits per heavy atom. The number of benzene rings is 3. The van der Waals surface area contributed by atoms with Gasteiger partial charge in [0.15, 0.2) is 0 Å². The summed E-state index contributed by atoms with van der Waals surface area (Å²) in [6.45, 7) is 2.05. The minimum absolute atomic E-state index is 0.506. The van der Waals surface area contributed by atoms with Crippen LogP contribution in [-0.2, 0) is 5.54 Å². The predicted octanol–water partition coefficient (Wildman–Crippen LogP) is 4.82. The Balaban J connectivity index is 2.13. The molecule has 0 aliphatic heterocycles. The molecule has 2 heteroatoms. The summed E-state index contributed by atoms with van der Waals surface area (Å²) in [5, 5.41) is 2.46. The lowest BCUT2D eigenvalue weighted by atomic mass is 9.85. The Hall–Kier alpha value is -1.64. The van der Waals surface area contributed by atoms with Gasteiger partial charge >= 0.3 is 0 Å². The van der Waals surface area contributed by atoms with E-state index in [1.54, 1.807) is 0 Å². The first-order chi connectivity index (χ1) is 9.57. The van der Waals surface area contributed by atoms with Crippen LogP contribution in [0.3, 0.4) is 0 Å². The van der Waals surface area contributed by atoms with Crippen LogP contribution < -0.4 is 5.73 Å². The summed E-state index contributed by atoms with van der Waals surface area (Å²) < 4.78 is 1.05. The van der Waals surface area contributed by atoms with Crippen LogP contribution in [-0.4, -0.2) is 0 Å². The molecule has 0 spiro atoms. The van der Waals surface area contributed by atoms with Gasteiger partial charge in [-0.2, -0.15) is 0 Å². The van der Waals surface area contributed by atoms with Crippen molar-refractivity contribution in [1.82, 2.24) is 0 Å². The number of hydrogen-bond donors (Lipinski definition) is 1. The molecule has 3 aromatic rings. The topological polar surface area (TPSA) is 26.0 Å². The van der Waals surface area contributed by atoms with Gasteiger partial charge in [0.05, 0.1) is 5.54 Å². The molecule has 0 fully saturated rings. The fourth-order valence-corrected chi connectivity index (χ4v) is 2.89. The van der Waals surface area contributed by atoms with Crippen LogP contribution in [0.25, 0.3) is 10.8 Å². The monoisotopic (exact) mass is 325 g/mol. The summed E-state index contributed by atoms with van der Waals surface area (Å²) in [4.78, 5) is 0. The third kappa shape index (κ3) is 2.37. The molecule has 0 bridgehead atoms. The van der Waals surface area contributed by atoms with Gasteiger partial charge in [-0.3, -0.25) is 0 Å². The van der Waals surface area contributed by atoms with Gasteiger partial charge in [0.1, 0.15) is 0 Å². The Bertz CT molecular complexity index is 762. The number of fused-ring (bicyclic) bond motifs is 1. The van der Waals surface area contributed by atoms with Crippen molar-refractivity contribution >= 4 is 26.7 Å². The molecule has 0 aromatic heterocycles. The molecule has 2 N–H and O–H groups in total. The molecule has 0 amide bonds. The lowest BCUT2D eigenvalue weighted by molar-refractivity contribution is 0.603. The summed E-state index contributed by atoms with van der Waals surface area (Å²) in [5.74, 6) is 0. The van der Waals surface area contributed by atoms with Gasteiger partial charge in [-0.25, -0.2) is 0 Å². The van der Waals surface area contributed by atoms with Gasteiger partial charge in [0.25, 0.3) is 0 Å². The SMILES string of the molecule is CC(N)(c1cccc(Br)c1)c1ccc2ccccc2c1. The third-order valence-corrected chi connectivity index (χ3v) is 4.27. The molecule has 0 aliphatic carbocycles. The van der Waals surface area contributed by atoms with Gasteiger partial charge in [-0.15, -0.1) is 0 Å². The van der Waals surface area contributed by atoms with Crippen molar-refractivity contribution in [3.05, 3.63) is 82.3 Å². The minimum atomic E-state index is -0.506. The van der Waals surface area contributed by atoms with Crippen LogP contribution in [0.5, 0.6) is 0 Å². The van der Waals surface area contributed by atoms with Gasteiger partial charge in [-0.1, -0.05) is 64.5 Å². The van der Waals surface area contributed by atoms with Gasteiger partial charge < -0.3 is 5.73 Å². The van der Waals surface area contributed by atoms with E-state index < -0.39 is 5.54 Å². The molecule has 0 saturated carbocycles. The molecular weight excluding hydrogens is 310 g/mol. The lowest BCUT2D eigenvalue weighted by Crippen LogP contribution is -2.34. The minimum Gasteiger partial charge on any atom is -0.318 e. The van der Waals surface area contributed by atoms with Crippen molar-refractivity contribution in [2.45, 2.75) is 12.5 Å². The largest absolute Gasteiger partial charge is 0.318 e. The second-order valence-corrected chi connectivity index (χ2v) is 6.19. The summed E-state index contributed by atoms with van der Waals surface area (Å²) in [7, 11) is 0. The second-order valence-electron chi connectivity index (χ2n) is 5.27. The Morgan fingerprint density at radius 2 is 1.50 bits per heavy atom. The molecular formula is C18H16BrN. The molecule has 1 atom stereocenters. The maximum Gasteiger partial charge on any atom is 0.0637 e. The van der Waals surface area contributed by atoms with E-state index in [4.69, 9.17) is 5.73 Å². The van der Waals surface area contributed by atoms with Crippen LogP contribution in [0.4, 0.5) is 0 Å². The van der Waals surface area contributed by atoms with Crippen LogP contribution in [0.15, 0.2) is 71.2 Å². The molecule has 3 aromatic carbocycles. The third-order valence-electron chi connectivity index (χ3n) is 3.77. The second kappa shape index (κ2) is 5.04. The van der Waals surface area contributed by atoms with Gasteiger partial charge in [0.2, 0.25) is 0 Å². The van der Waals surface area contributed by atoms with Crippen LogP contribution in [0.1, 0.15) is 18.1 Å². The van der Waals surface area contributed by atoms with E-state index in [0.717, 1.165) is 15.6 Å². The zero-order chi connectivity index (χ0) is 14.2. The number of halogens is 1. The smallest absolute Gasteiger partial charge is 0.0637 e. The van der Waals surface area contributed by atoms with Crippen molar-refractivity contribution in [3.8, 4) is 0 Å². The number of hydrogen-bond acceptors (Lipinski definition) is 1. The highest BCUT2D eigenvalue weighted by molar-refractivity contribution is 9.10. The standard InChI is InChI=1S/C18H16BrN/c1-18(20,15-7-4-8-17(19)12-15)16-10-9-13-5-2-3-6-14(13)11-16/h2-12H,20H2,1H3. The molecule has 1 nitrogen and oxygen atoms in total. The number of nitrogens with two attached hydrogens (primary N) is 1. The quantitative estimate of drug-likeness (QED) is 0.717. The molecule has 0 aliphatic rings. The van der Waals surface area contributed by atoms with Crippen molar-refractivity contribution in [3.63, 3.8) is 0 Å². The fraction of sp³-hybridized carbons (Fsp3) is 0.111. The molecule has 3 rings (SSSR count). The first-order valence-corrected chi connectivity index (χ1v) is 7.41. The van der Waals surface area contributed by atoms with E-state index in [1.165, 1.54) is 10.8 Å². The molecule has 0 saturated heterocycles. The average Bonchev–Trinajstić information content (AvgIpc) is 2.46. The van der Waals surface area contributed by atoms with Gasteiger partial charge in [-0.05, 0) is 47.0 Å². The van der Waals surface area contributed by atoms with Crippen LogP contribution in [0.2, 0.25) is 0 Å². The van der Waals surface area contributed by atoms with Crippen molar-refractivity contribution in [2.75, 3.05) is 0 Å². The van der Waals surface area contributed by atoms with E-state index in [0.29, 0.717) is 0 Å². The summed E-state index contributed by atoms with van der Waals surface area (Å²) in [6, 6.07) is 23.0. The maximum absolute atomic E-state index is 6.60. The molecule has 0 radical (unpaired) electrons. The molecule has 100 valence electrons. The lowest BCUT2D eigenvalue weighted by Gasteiger charge is -2.26. The average molecular weight is 326 g/mol. The van der Waals surface area contributed by atoms with E-state index in [2.05, 4.69) is 77.5 Å². The van der Waals surface area contributed by atoms with Crippen molar-refractivity contribution in [2.24, 2.45) is 5.73 Å². The van der Waals surface area contributed by atoms with E-state index >= 15 is 0 Å². The normalized spacial score (nSPS) is 14.2. The van der Waals surface area contributed by atoms with E-state index in [-0.39, 0.29) is 0 Å². The van der Waals surface area contributed by atoms with Gasteiger partial charge in [0, 0.05) is 4.47 Å². The Morgan fingerprint density at radius 1 is 0.800 bits per heavy atom. The zero-order valence-corrected chi connectivity index (χ0v) is 12.9. The molecule has 1 unspecified atom stereocenters. The summed E-state index contributed by atoms with van der Waals surface area (Å²) >= 11 is 3.51. The van der Waals surface area contributed by atoms with E-state index in [9.17, 15) is 0 Å². The first-order valence-electron chi connectivity index (χ1n) is 6.61. The highest BCUT2D eigenvalue weighted by Gasteiger charge is 2.23. The first kappa shape index (κ1) is 13.3. The Labute approximate surface area is 127 Å². The zero-order valence-electron chi connectivity index (χ0n) is 11.3. The Kier molecular flexibility index (Phi) is 3.36. The van der Waals surface area contributed by atoms with Crippen LogP contribution in [0, 0.1) is 0 Å². The summed E-state index contributed by atoms with van der Waals surface area (Å²) in [5.41, 5.74) is 8.31.